The van der Waals surface area contributed by atoms with Gasteiger partial charge in [0.2, 0.25) is 0 Å². The predicted octanol–water partition coefficient (Wildman–Crippen LogP) is 4.47. The maximum Gasteiger partial charge on any atom is 0.253 e. The van der Waals surface area contributed by atoms with E-state index in [1.165, 1.54) is 0 Å². The first kappa shape index (κ1) is 15.7. The molecule has 2 heterocycles. The van der Waals surface area contributed by atoms with Crippen LogP contribution in [0.3, 0.4) is 0 Å². The quantitative estimate of drug-likeness (QED) is 0.752. The Balaban J connectivity index is 1.57. The van der Waals surface area contributed by atoms with Crippen molar-refractivity contribution in [1.82, 2.24) is 4.31 Å². The molecular weight excluding hydrogens is 354 g/mol. The lowest BCUT2D eigenvalue weighted by molar-refractivity contribution is 0.348. The maximum absolute atomic E-state index is 12.9. The van der Waals surface area contributed by atoms with Gasteiger partial charge in [-0.15, -0.1) is 11.3 Å². The molecule has 4 rings (SSSR count). The Bertz CT molecular complexity index is 822. The number of hydrogen-bond acceptors (Lipinski definition) is 4. The minimum Gasteiger partial charge on any atom is -0.464 e. The first-order valence-corrected chi connectivity index (χ1v) is 10.4. The summed E-state index contributed by atoms with van der Waals surface area (Å²) in [6.07, 6.45) is 2.97. The molecule has 2 aromatic heterocycles. The molecule has 2 saturated carbocycles. The maximum atomic E-state index is 12.9. The first-order valence-electron chi connectivity index (χ1n) is 7.81. The molecule has 2 aliphatic rings. The molecular formula is C16H18ClNO3S2. The van der Waals surface area contributed by atoms with Crippen LogP contribution in [0.15, 0.2) is 32.9 Å². The molecule has 0 amide bonds. The summed E-state index contributed by atoms with van der Waals surface area (Å²) in [5.74, 6) is 2.88. The van der Waals surface area contributed by atoms with Crippen LogP contribution in [-0.4, -0.2) is 18.8 Å². The van der Waals surface area contributed by atoms with E-state index in [1.807, 2.05) is 12.1 Å². The number of nitrogens with zero attached hydrogens (tertiary/aromatic N) is 1. The minimum atomic E-state index is -3.51. The van der Waals surface area contributed by atoms with E-state index in [2.05, 4.69) is 6.92 Å². The van der Waals surface area contributed by atoms with Crippen molar-refractivity contribution in [1.29, 1.82) is 0 Å². The van der Waals surface area contributed by atoms with E-state index in [4.69, 9.17) is 16.0 Å². The second kappa shape index (κ2) is 5.62. The van der Waals surface area contributed by atoms with Crippen molar-refractivity contribution in [3.05, 3.63) is 40.1 Å². The van der Waals surface area contributed by atoms with Gasteiger partial charge in [-0.25, -0.2) is 8.42 Å². The Morgan fingerprint density at radius 3 is 2.61 bits per heavy atom. The Hall–Kier alpha value is -0.820. The molecule has 0 aliphatic heterocycles. The highest BCUT2D eigenvalue weighted by Crippen LogP contribution is 2.47. The van der Waals surface area contributed by atoms with E-state index in [9.17, 15) is 8.42 Å². The second-order valence-corrected chi connectivity index (χ2v) is 10.3. The van der Waals surface area contributed by atoms with Crippen molar-refractivity contribution < 1.29 is 12.8 Å². The van der Waals surface area contributed by atoms with Crippen molar-refractivity contribution in [2.24, 2.45) is 5.92 Å². The summed E-state index contributed by atoms with van der Waals surface area (Å²) >= 11 is 7.01. The molecule has 0 bridgehead atoms. The average Bonchev–Trinajstić information content (AvgIpc) is 3.37. The fraction of sp³-hybridized carbons (Fsp3) is 0.500. The first-order chi connectivity index (χ1) is 10.9. The monoisotopic (exact) mass is 371 g/mol. The zero-order chi connectivity index (χ0) is 16.2. The third kappa shape index (κ3) is 3.09. The molecule has 2 atom stereocenters. The van der Waals surface area contributed by atoms with Crippen LogP contribution in [0.4, 0.5) is 0 Å². The van der Waals surface area contributed by atoms with E-state index in [0.29, 0.717) is 26.9 Å². The van der Waals surface area contributed by atoms with E-state index < -0.39 is 10.0 Å². The Morgan fingerprint density at radius 2 is 2.04 bits per heavy atom. The fourth-order valence-corrected chi connectivity index (χ4v) is 6.14. The molecule has 0 radical (unpaired) electrons. The molecule has 0 saturated heterocycles. The lowest BCUT2D eigenvalue weighted by Gasteiger charge is -2.19. The smallest absolute Gasteiger partial charge is 0.253 e. The SMILES string of the molecule is C[C@@H]1C[C@@H]1c1ccc(CN(C2CC2)S(=O)(=O)c2ccc(Cl)s2)o1. The van der Waals surface area contributed by atoms with E-state index in [-0.39, 0.29) is 6.04 Å². The third-order valence-electron chi connectivity index (χ3n) is 4.53. The lowest BCUT2D eigenvalue weighted by Crippen LogP contribution is -2.32. The minimum absolute atomic E-state index is 0.0780. The van der Waals surface area contributed by atoms with Gasteiger partial charge in [-0.05, 0) is 49.4 Å². The van der Waals surface area contributed by atoms with Crippen LogP contribution in [0.25, 0.3) is 0 Å². The Morgan fingerprint density at radius 1 is 1.30 bits per heavy atom. The molecule has 124 valence electrons. The molecule has 4 nitrogen and oxygen atoms in total. The number of sulfonamides is 1. The van der Waals surface area contributed by atoms with E-state index in [0.717, 1.165) is 42.1 Å². The fourth-order valence-electron chi connectivity index (χ4n) is 2.88. The van der Waals surface area contributed by atoms with Crippen molar-refractivity contribution in [3.63, 3.8) is 0 Å². The lowest BCUT2D eigenvalue weighted by atomic mass is 10.3. The van der Waals surface area contributed by atoms with Crippen LogP contribution >= 0.6 is 22.9 Å². The highest BCUT2D eigenvalue weighted by molar-refractivity contribution is 7.91. The van der Waals surface area contributed by atoms with Crippen LogP contribution < -0.4 is 0 Å². The van der Waals surface area contributed by atoms with Gasteiger partial charge in [0.25, 0.3) is 10.0 Å². The van der Waals surface area contributed by atoms with E-state index in [1.54, 1.807) is 16.4 Å². The Labute approximate surface area is 145 Å². The summed E-state index contributed by atoms with van der Waals surface area (Å²) in [6.45, 7) is 2.50. The molecule has 0 spiro atoms. The van der Waals surface area contributed by atoms with Crippen molar-refractivity contribution in [3.8, 4) is 0 Å². The van der Waals surface area contributed by atoms with Crippen LogP contribution in [0.5, 0.6) is 0 Å². The highest BCUT2D eigenvalue weighted by Gasteiger charge is 2.40. The van der Waals surface area contributed by atoms with Crippen molar-refractivity contribution in [2.75, 3.05) is 0 Å². The summed E-state index contributed by atoms with van der Waals surface area (Å²) in [7, 11) is -3.51. The van der Waals surface area contributed by atoms with Gasteiger partial charge in [0.05, 0.1) is 10.9 Å². The highest BCUT2D eigenvalue weighted by atomic mass is 35.5. The van der Waals surface area contributed by atoms with Crippen LogP contribution in [0.2, 0.25) is 4.34 Å². The topological polar surface area (TPSA) is 50.5 Å². The second-order valence-electron chi connectivity index (χ2n) is 6.46. The molecule has 0 unspecified atom stereocenters. The summed E-state index contributed by atoms with van der Waals surface area (Å²) in [5, 5.41) is 0. The van der Waals surface area contributed by atoms with Gasteiger partial charge in [-0.1, -0.05) is 18.5 Å². The standard InChI is InChI=1S/C16H18ClNO3S2/c1-10-8-13(10)14-5-4-12(21-14)9-18(11-2-3-11)23(19,20)16-7-6-15(17)22-16/h4-7,10-11,13H,2-3,8-9H2,1H3/t10-,13+/m1/s1. The van der Waals surface area contributed by atoms with Crippen LogP contribution in [-0.2, 0) is 16.6 Å². The number of furan rings is 1. The van der Waals surface area contributed by atoms with Crippen LogP contribution in [0.1, 0.15) is 43.6 Å². The zero-order valence-corrected chi connectivity index (χ0v) is 15.1. The summed E-state index contributed by atoms with van der Waals surface area (Å²) in [6, 6.07) is 7.19. The number of halogens is 1. The molecule has 0 aromatic carbocycles. The number of thiophene rings is 1. The average molecular weight is 372 g/mol. The van der Waals surface area contributed by atoms with Gasteiger partial charge < -0.3 is 4.42 Å². The van der Waals surface area contributed by atoms with Gasteiger partial charge in [-0.3, -0.25) is 0 Å². The number of hydrogen-bond donors (Lipinski definition) is 0. The molecule has 23 heavy (non-hydrogen) atoms. The van der Waals surface area contributed by atoms with E-state index >= 15 is 0 Å². The molecule has 0 N–H and O–H groups in total. The predicted molar refractivity (Wildman–Crippen MR) is 90.3 cm³/mol. The summed E-state index contributed by atoms with van der Waals surface area (Å²) < 4.78 is 34.0. The van der Waals surface area contributed by atoms with Crippen molar-refractivity contribution in [2.45, 2.75) is 48.9 Å². The summed E-state index contributed by atoms with van der Waals surface area (Å²) in [5.41, 5.74) is 0. The normalized spacial score (nSPS) is 24.3. The largest absolute Gasteiger partial charge is 0.464 e. The molecule has 2 aromatic rings. The Kier molecular flexibility index (Phi) is 3.83. The van der Waals surface area contributed by atoms with Crippen molar-refractivity contribution >= 4 is 33.0 Å². The summed E-state index contributed by atoms with van der Waals surface area (Å²) in [4.78, 5) is 0. The van der Waals surface area contributed by atoms with Crippen LogP contribution in [0, 0.1) is 5.92 Å². The number of rotatable bonds is 6. The third-order valence-corrected chi connectivity index (χ3v) is 8.13. The van der Waals surface area contributed by atoms with Gasteiger partial charge in [-0.2, -0.15) is 4.31 Å². The van der Waals surface area contributed by atoms with Gasteiger partial charge in [0.15, 0.2) is 0 Å². The molecule has 2 fully saturated rings. The van der Waals surface area contributed by atoms with Gasteiger partial charge >= 0.3 is 0 Å². The van der Waals surface area contributed by atoms with Gasteiger partial charge in [0.1, 0.15) is 15.7 Å². The zero-order valence-electron chi connectivity index (χ0n) is 12.7. The molecule has 7 heteroatoms. The molecule has 2 aliphatic carbocycles. The van der Waals surface area contributed by atoms with Gasteiger partial charge in [0, 0.05) is 12.0 Å².